The van der Waals surface area contributed by atoms with Gasteiger partial charge in [-0.3, -0.25) is 4.90 Å². The van der Waals surface area contributed by atoms with Crippen LogP contribution in [0.15, 0.2) is 9.03 Å². The van der Waals surface area contributed by atoms with Crippen LogP contribution >= 0.6 is 36.0 Å². The molecule has 2 N–H and O–H groups in total. The summed E-state index contributed by atoms with van der Waals surface area (Å²) in [6.45, 7) is -0.473. The number of piperazine rings is 1. The van der Waals surface area contributed by atoms with Crippen molar-refractivity contribution in [2.75, 3.05) is 85.5 Å². The summed E-state index contributed by atoms with van der Waals surface area (Å²) in [6, 6.07) is 0. The van der Waals surface area contributed by atoms with E-state index in [0.29, 0.717) is 35.8 Å². The summed E-state index contributed by atoms with van der Waals surface area (Å²) in [5.74, 6) is 7.41. The fourth-order valence-corrected chi connectivity index (χ4v) is 8.22. The van der Waals surface area contributed by atoms with E-state index in [0.717, 1.165) is 25.7 Å². The van der Waals surface area contributed by atoms with Gasteiger partial charge in [0.05, 0.1) is 19.8 Å². The smallest absolute Gasteiger partial charge is 0.449 e. The molecule has 3 unspecified atom stereocenters. The van der Waals surface area contributed by atoms with Gasteiger partial charge in [-0.1, -0.05) is 0 Å². The van der Waals surface area contributed by atoms with Gasteiger partial charge in [0.2, 0.25) is 8.96 Å². The molecule has 1 saturated heterocycles. The number of carbonyl (C=O) groups is 4. The van der Waals surface area contributed by atoms with E-state index in [4.69, 9.17) is 23.7 Å². The van der Waals surface area contributed by atoms with Crippen molar-refractivity contribution in [3.05, 3.63) is 0 Å². The fraction of sp³-hybridized carbons (Fsp3) is 0.769. The average molecular weight is 882 g/mol. The first-order chi connectivity index (χ1) is 25.9. The number of nitrogens with zero attached hydrogens (tertiary/aromatic N) is 5. The maximum atomic E-state index is 12.8. The molecule has 2 amide bonds. The molecule has 1 aliphatic heterocycles. The molecule has 1 saturated carbocycles. The lowest BCUT2D eigenvalue weighted by Crippen LogP contribution is -2.53. The molecule has 0 bridgehead atoms. The minimum Gasteiger partial charge on any atom is -0.449 e. The van der Waals surface area contributed by atoms with Crippen molar-refractivity contribution < 1.29 is 68.7 Å². The van der Waals surface area contributed by atoms with E-state index < -0.39 is 80.2 Å². The number of hydrogen-bond donors (Lipinski definition) is 2. The van der Waals surface area contributed by atoms with Gasteiger partial charge in [0.1, 0.15) is 19.8 Å². The molecule has 2 aliphatic carbocycles. The van der Waals surface area contributed by atoms with E-state index in [9.17, 15) is 36.0 Å². The normalized spacial score (nSPS) is 20.4. The van der Waals surface area contributed by atoms with Gasteiger partial charge in [0, 0.05) is 58.7 Å². The highest BCUT2D eigenvalue weighted by atomic mass is 32.2. The van der Waals surface area contributed by atoms with Crippen molar-refractivity contribution in [1.82, 2.24) is 23.0 Å². The molecule has 0 spiro atoms. The van der Waals surface area contributed by atoms with Crippen molar-refractivity contribution in [2.24, 2.45) is 26.8 Å². The van der Waals surface area contributed by atoms with Gasteiger partial charge in [-0.2, -0.15) is 25.4 Å². The molecule has 2 fully saturated rings. The highest BCUT2D eigenvalue weighted by Crippen LogP contribution is 2.52. The van der Waals surface area contributed by atoms with Crippen LogP contribution in [0.3, 0.4) is 0 Å². The van der Waals surface area contributed by atoms with Gasteiger partial charge in [-0.15, -0.1) is 11.8 Å². The fourth-order valence-electron chi connectivity index (χ4n) is 5.52. The van der Waals surface area contributed by atoms with Crippen LogP contribution in [-0.2, 0) is 53.2 Å². The van der Waals surface area contributed by atoms with Gasteiger partial charge in [0.25, 0.3) is 8.60 Å². The Kier molecular flexibility index (Phi) is 20.5. The zero-order valence-electron chi connectivity index (χ0n) is 29.0. The molecule has 28 heteroatoms. The molecule has 22 nitrogen and oxygen atoms in total. The number of carbonyl (C=O) groups excluding carboxylic acids is 4. The number of amides is 2. The Morgan fingerprint density at radius 3 is 2.11 bits per heavy atom. The second-order valence-corrected chi connectivity index (χ2v) is 17.3. The molecule has 3 rings (SSSR count). The van der Waals surface area contributed by atoms with E-state index in [1.54, 1.807) is 4.72 Å². The third-order valence-electron chi connectivity index (χ3n) is 8.15. The molecular formula is C26H43N7O15P4S2. The highest BCUT2D eigenvalue weighted by molar-refractivity contribution is 7.88. The number of nitrogens with one attached hydrogen (secondary N) is 2. The summed E-state index contributed by atoms with van der Waals surface area (Å²) in [5, 5.41) is 0. The summed E-state index contributed by atoms with van der Waals surface area (Å²) in [7, 11) is -4.59. The van der Waals surface area contributed by atoms with Crippen LogP contribution in [0.2, 0.25) is 0 Å². The zero-order chi connectivity index (χ0) is 39.4. The van der Waals surface area contributed by atoms with E-state index in [-0.39, 0.29) is 54.0 Å². The Morgan fingerprint density at radius 2 is 1.48 bits per heavy atom. The van der Waals surface area contributed by atoms with Crippen LogP contribution in [0.4, 0.5) is 19.2 Å². The average Bonchev–Trinajstić information content (AvgIpc) is 3.77. The van der Waals surface area contributed by atoms with Gasteiger partial charge >= 0.3 is 44.9 Å². The quantitative estimate of drug-likeness (QED) is 0.0551. The van der Waals surface area contributed by atoms with Crippen molar-refractivity contribution in [1.29, 1.82) is 0 Å². The Hall–Kier alpha value is -2.56. The van der Waals surface area contributed by atoms with Crippen LogP contribution < -0.4 is 9.44 Å². The molecule has 3 aliphatic rings. The lowest BCUT2D eigenvalue weighted by Gasteiger charge is -2.33. The summed E-state index contributed by atoms with van der Waals surface area (Å²) < 4.78 is 97.7. The first-order valence-corrected chi connectivity index (χ1v) is 21.9. The van der Waals surface area contributed by atoms with E-state index in [1.165, 1.54) is 4.31 Å². The maximum absolute atomic E-state index is 12.8. The van der Waals surface area contributed by atoms with Crippen LogP contribution in [0.25, 0.3) is 0 Å². The second-order valence-electron chi connectivity index (χ2n) is 11.4. The van der Waals surface area contributed by atoms with Gasteiger partial charge in [-0.25, -0.2) is 37.7 Å². The van der Waals surface area contributed by atoms with E-state index in [2.05, 4.69) is 39.0 Å². The monoisotopic (exact) mass is 881 g/mol. The van der Waals surface area contributed by atoms with E-state index in [1.807, 2.05) is 19.0 Å². The first-order valence-electron chi connectivity index (χ1n) is 16.4. The number of rotatable bonds is 21. The van der Waals surface area contributed by atoms with Crippen LogP contribution in [-0.4, -0.2) is 140 Å². The number of hydrogen-bond acceptors (Lipinski definition) is 18. The largest absolute Gasteiger partial charge is 0.518 e. The molecule has 54 heavy (non-hydrogen) atoms. The van der Waals surface area contributed by atoms with Gasteiger partial charge in [0.15, 0.2) is 0 Å². The van der Waals surface area contributed by atoms with E-state index >= 15 is 0 Å². The molecule has 0 aromatic carbocycles. The minimum atomic E-state index is -4.58. The lowest BCUT2D eigenvalue weighted by atomic mass is 10.1. The predicted octanol–water partition coefficient (Wildman–Crippen LogP) is 2.28. The molecule has 0 aromatic rings. The standard InChI is InChI=1S/C26H43N7O15P4S2/c34-23(27-54(40,41)33(12-15-44-25(36)47-51-29-49)13-16-45-26(37)48-52-30-50)43-18-17-42-14-11-31-7-9-32(10-8-31)53(38,39)28-24(35)46-19-22-20-5-3-1-2-4-6-21(20)22/h20-22,49,51H,3-19,50H2,(H,27,34)(H,28,35)/t20-,21+,22?. The van der Waals surface area contributed by atoms with Gasteiger partial charge < -0.3 is 32.7 Å². The highest BCUT2D eigenvalue weighted by Gasteiger charge is 2.49. The van der Waals surface area contributed by atoms with Crippen LogP contribution in [0.5, 0.6) is 0 Å². The molecule has 304 valence electrons. The van der Waals surface area contributed by atoms with Crippen LogP contribution in [0.1, 0.15) is 25.7 Å². The Labute approximate surface area is 321 Å². The Balaban J connectivity index is 1.30. The topological polar surface area (TPSA) is 260 Å². The number of fused-ring (bicyclic) bond motifs is 1. The summed E-state index contributed by atoms with van der Waals surface area (Å²) in [4.78, 5) is 49.5. The molecule has 5 atom stereocenters. The molecular weight excluding hydrogens is 838 g/mol. The summed E-state index contributed by atoms with van der Waals surface area (Å²) >= 11 is 0. The van der Waals surface area contributed by atoms with Crippen molar-refractivity contribution in [3.63, 3.8) is 0 Å². The first kappa shape index (κ1) is 45.8. The molecule has 1 heterocycles. The number of ether oxygens (including phenoxy) is 5. The second kappa shape index (κ2) is 24.2. The SMILES string of the molecule is O=C(NS(=O)(=O)N(CCOC(=O)OP=NP)CCOC(=O)OPN=P)OCCOCCN1CCN(S(=O)(=O)NC(=O)OCC2[C@H]3CCC#CCC[C@@H]23)CC1. The summed E-state index contributed by atoms with van der Waals surface area (Å²) in [6.07, 6.45) is -0.989. The minimum absolute atomic E-state index is 0.0653. The molecule has 0 aromatic heterocycles. The van der Waals surface area contributed by atoms with Crippen molar-refractivity contribution >= 4 is 80.9 Å². The summed E-state index contributed by atoms with van der Waals surface area (Å²) in [5.41, 5.74) is 0. The zero-order valence-corrected chi connectivity index (χ0v) is 34.6. The maximum Gasteiger partial charge on any atom is 0.518 e. The lowest BCUT2D eigenvalue weighted by molar-refractivity contribution is 0.0562. The van der Waals surface area contributed by atoms with Gasteiger partial charge in [-0.05, 0) is 49.0 Å². The third-order valence-corrected chi connectivity index (χ3v) is 12.3. The Bertz CT molecular complexity index is 1580. The van der Waals surface area contributed by atoms with Crippen LogP contribution in [0, 0.1) is 29.6 Å². The van der Waals surface area contributed by atoms with Crippen molar-refractivity contribution in [3.8, 4) is 11.8 Å². The van der Waals surface area contributed by atoms with Crippen molar-refractivity contribution in [2.45, 2.75) is 25.7 Å². The third kappa shape index (κ3) is 17.1. The Morgan fingerprint density at radius 1 is 0.852 bits per heavy atom. The predicted molar refractivity (Wildman–Crippen MR) is 197 cm³/mol. The molecule has 0 radical (unpaired) electrons.